The first-order valence-electron chi connectivity index (χ1n) is 5.15. The van der Waals surface area contributed by atoms with E-state index in [2.05, 4.69) is 0 Å². The first-order chi connectivity index (χ1) is 7.11. The van der Waals surface area contributed by atoms with E-state index >= 15 is 0 Å². The Balaban J connectivity index is 2.06. The molecule has 1 aromatic rings. The molecule has 15 heavy (non-hydrogen) atoms. The van der Waals surface area contributed by atoms with Gasteiger partial charge >= 0.3 is 5.97 Å². The molecule has 0 bridgehead atoms. The van der Waals surface area contributed by atoms with Gasteiger partial charge in [-0.25, -0.2) is 4.79 Å². The summed E-state index contributed by atoms with van der Waals surface area (Å²) in [6.07, 6.45) is 5.72. The van der Waals surface area contributed by atoms with Crippen LogP contribution in [0.1, 0.15) is 40.1 Å². The number of rotatable bonds is 1. The second-order valence-corrected chi connectivity index (χ2v) is 6.34. The van der Waals surface area contributed by atoms with Crippen molar-refractivity contribution >= 4 is 28.9 Å². The normalized spacial score (nSPS) is 21.4. The summed E-state index contributed by atoms with van der Waals surface area (Å²) in [6, 6.07) is 0. The lowest BCUT2D eigenvalue weighted by molar-refractivity contribution is 0.0696. The standard InChI is InChI=1S/C11H11ClO2S/c12-9-8(10(13)14)6-1-2-11(3-4-11)5-7(6)15-9/h1-5H2,(H,13,14). The molecule has 0 radical (unpaired) electrons. The quantitative estimate of drug-likeness (QED) is 0.820. The average Bonchev–Trinajstić information content (AvgIpc) is 2.80. The van der Waals surface area contributed by atoms with Crippen LogP contribution >= 0.6 is 22.9 Å². The summed E-state index contributed by atoms with van der Waals surface area (Å²) in [7, 11) is 0. The molecule has 1 saturated carbocycles. The number of carboxylic acids is 1. The van der Waals surface area contributed by atoms with Gasteiger partial charge in [0.15, 0.2) is 0 Å². The molecule has 3 rings (SSSR count). The van der Waals surface area contributed by atoms with Crippen molar-refractivity contribution in [1.82, 2.24) is 0 Å². The zero-order valence-electron chi connectivity index (χ0n) is 8.18. The topological polar surface area (TPSA) is 37.3 Å². The maximum Gasteiger partial charge on any atom is 0.338 e. The predicted molar refractivity (Wildman–Crippen MR) is 60.0 cm³/mol. The zero-order chi connectivity index (χ0) is 10.6. The Labute approximate surface area is 96.9 Å². The Hall–Kier alpha value is -0.540. The molecule has 0 amide bonds. The summed E-state index contributed by atoms with van der Waals surface area (Å²) < 4.78 is 0.463. The van der Waals surface area contributed by atoms with E-state index in [1.165, 1.54) is 29.1 Å². The summed E-state index contributed by atoms with van der Waals surface area (Å²) in [6.45, 7) is 0. The summed E-state index contributed by atoms with van der Waals surface area (Å²) in [5.74, 6) is -0.871. The monoisotopic (exact) mass is 242 g/mol. The molecule has 4 heteroatoms. The van der Waals surface area contributed by atoms with Crippen LogP contribution in [0.3, 0.4) is 0 Å². The van der Waals surface area contributed by atoms with E-state index in [4.69, 9.17) is 16.7 Å². The molecule has 2 aliphatic rings. The molecular formula is C11H11ClO2S. The molecular weight excluding hydrogens is 232 g/mol. The van der Waals surface area contributed by atoms with Crippen molar-refractivity contribution in [3.8, 4) is 0 Å². The van der Waals surface area contributed by atoms with Gasteiger partial charge in [-0.15, -0.1) is 11.3 Å². The van der Waals surface area contributed by atoms with Gasteiger partial charge in [-0.3, -0.25) is 0 Å². The minimum atomic E-state index is -0.871. The van der Waals surface area contributed by atoms with Gasteiger partial charge in [0, 0.05) is 4.88 Å². The first kappa shape index (κ1) is 9.67. The van der Waals surface area contributed by atoms with Crippen molar-refractivity contribution in [3.63, 3.8) is 0 Å². The molecule has 1 heterocycles. The molecule has 0 aromatic carbocycles. The molecule has 0 aliphatic heterocycles. The van der Waals surface area contributed by atoms with Crippen LogP contribution in [0.4, 0.5) is 0 Å². The Morgan fingerprint density at radius 2 is 2.13 bits per heavy atom. The van der Waals surface area contributed by atoms with Gasteiger partial charge in [0.25, 0.3) is 0 Å². The van der Waals surface area contributed by atoms with E-state index in [1.54, 1.807) is 0 Å². The fourth-order valence-electron chi connectivity index (χ4n) is 2.52. The minimum Gasteiger partial charge on any atom is -0.478 e. The van der Waals surface area contributed by atoms with Gasteiger partial charge in [0.1, 0.15) is 4.34 Å². The smallest absolute Gasteiger partial charge is 0.338 e. The van der Waals surface area contributed by atoms with Crippen molar-refractivity contribution in [1.29, 1.82) is 0 Å². The highest BCUT2D eigenvalue weighted by molar-refractivity contribution is 7.16. The van der Waals surface area contributed by atoms with E-state index in [0.717, 1.165) is 24.8 Å². The van der Waals surface area contributed by atoms with Crippen LogP contribution in [0.5, 0.6) is 0 Å². The first-order valence-corrected chi connectivity index (χ1v) is 6.34. The number of fused-ring (bicyclic) bond motifs is 1. The van der Waals surface area contributed by atoms with Crippen LogP contribution < -0.4 is 0 Å². The number of halogens is 1. The molecule has 1 N–H and O–H groups in total. The SMILES string of the molecule is O=C(O)c1c(Cl)sc2c1CCC1(CC1)C2. The fraction of sp³-hybridized carbons (Fsp3) is 0.545. The van der Waals surface area contributed by atoms with E-state index in [-0.39, 0.29) is 0 Å². The van der Waals surface area contributed by atoms with Crippen molar-refractivity contribution in [3.05, 3.63) is 20.3 Å². The van der Waals surface area contributed by atoms with Crippen molar-refractivity contribution in [2.45, 2.75) is 32.1 Å². The molecule has 80 valence electrons. The molecule has 1 fully saturated rings. The second kappa shape index (κ2) is 2.98. The van der Waals surface area contributed by atoms with Gasteiger partial charge in [-0.1, -0.05) is 11.6 Å². The van der Waals surface area contributed by atoms with E-state index in [1.807, 2.05) is 0 Å². The Morgan fingerprint density at radius 1 is 1.40 bits per heavy atom. The van der Waals surface area contributed by atoms with E-state index in [9.17, 15) is 4.79 Å². The minimum absolute atomic E-state index is 0.368. The molecule has 0 unspecified atom stereocenters. The summed E-state index contributed by atoms with van der Waals surface area (Å²) in [5.41, 5.74) is 1.90. The second-order valence-electron chi connectivity index (χ2n) is 4.63. The number of thiophene rings is 1. The Bertz CT molecular complexity index is 446. The fourth-order valence-corrected chi connectivity index (χ4v) is 4.23. The highest BCUT2D eigenvalue weighted by Crippen LogP contribution is 2.56. The van der Waals surface area contributed by atoms with Crippen LogP contribution in [0.15, 0.2) is 0 Å². The molecule has 2 aliphatic carbocycles. The van der Waals surface area contributed by atoms with Gasteiger partial charge in [-0.2, -0.15) is 0 Å². The highest BCUT2D eigenvalue weighted by Gasteiger charge is 2.46. The van der Waals surface area contributed by atoms with Gasteiger partial charge < -0.3 is 5.11 Å². The number of hydrogen-bond acceptors (Lipinski definition) is 2. The van der Waals surface area contributed by atoms with Crippen LogP contribution in [0.2, 0.25) is 4.34 Å². The number of carbonyl (C=O) groups is 1. The van der Waals surface area contributed by atoms with Gasteiger partial charge in [0.2, 0.25) is 0 Å². The molecule has 2 nitrogen and oxygen atoms in total. The highest BCUT2D eigenvalue weighted by atomic mass is 35.5. The average molecular weight is 243 g/mol. The maximum atomic E-state index is 11.1. The number of carboxylic acid groups (broad SMARTS) is 1. The third-order valence-corrected chi connectivity index (χ3v) is 5.10. The maximum absolute atomic E-state index is 11.1. The van der Waals surface area contributed by atoms with Crippen LogP contribution in [-0.2, 0) is 12.8 Å². The van der Waals surface area contributed by atoms with Gasteiger partial charge in [0.05, 0.1) is 5.56 Å². The summed E-state index contributed by atoms with van der Waals surface area (Å²) in [5, 5.41) is 9.08. The third kappa shape index (κ3) is 1.41. The van der Waals surface area contributed by atoms with E-state index in [0.29, 0.717) is 15.3 Å². The number of aromatic carboxylic acids is 1. The summed E-state index contributed by atoms with van der Waals surface area (Å²) >= 11 is 7.45. The van der Waals surface area contributed by atoms with E-state index < -0.39 is 5.97 Å². The third-order valence-electron chi connectivity index (χ3n) is 3.66. The Morgan fingerprint density at radius 3 is 2.73 bits per heavy atom. The molecule has 1 spiro atoms. The van der Waals surface area contributed by atoms with Crippen LogP contribution in [-0.4, -0.2) is 11.1 Å². The number of hydrogen-bond donors (Lipinski definition) is 1. The van der Waals surface area contributed by atoms with Gasteiger partial charge in [-0.05, 0) is 43.1 Å². The molecule has 0 atom stereocenters. The largest absolute Gasteiger partial charge is 0.478 e. The lowest BCUT2D eigenvalue weighted by atomic mass is 9.85. The van der Waals surface area contributed by atoms with Crippen LogP contribution in [0, 0.1) is 5.41 Å². The summed E-state index contributed by atoms with van der Waals surface area (Å²) in [4.78, 5) is 12.3. The molecule has 0 saturated heterocycles. The predicted octanol–water partition coefficient (Wildman–Crippen LogP) is 3.37. The molecule has 1 aromatic heterocycles. The van der Waals surface area contributed by atoms with Crippen molar-refractivity contribution < 1.29 is 9.90 Å². The zero-order valence-corrected chi connectivity index (χ0v) is 9.75. The van der Waals surface area contributed by atoms with Crippen molar-refractivity contribution in [2.24, 2.45) is 5.41 Å². The van der Waals surface area contributed by atoms with Crippen LogP contribution in [0.25, 0.3) is 0 Å². The van der Waals surface area contributed by atoms with Crippen molar-refractivity contribution in [2.75, 3.05) is 0 Å². The lowest BCUT2D eigenvalue weighted by Crippen LogP contribution is -2.15. The lowest BCUT2D eigenvalue weighted by Gasteiger charge is -2.21. The Kier molecular flexibility index (Phi) is 1.92.